The Morgan fingerprint density at radius 2 is 1.79 bits per heavy atom. The third-order valence-corrected chi connectivity index (χ3v) is 3.25. The van der Waals surface area contributed by atoms with Gasteiger partial charge in [0.05, 0.1) is 11.6 Å². The van der Waals surface area contributed by atoms with Gasteiger partial charge in [-0.3, -0.25) is 4.79 Å². The fourth-order valence-corrected chi connectivity index (χ4v) is 1.95. The van der Waals surface area contributed by atoms with Gasteiger partial charge in [0, 0.05) is 19.2 Å². The van der Waals surface area contributed by atoms with Gasteiger partial charge >= 0.3 is 0 Å². The van der Waals surface area contributed by atoms with Crippen LogP contribution in [0.15, 0.2) is 24.3 Å². The Bertz CT molecular complexity index is 431. The average molecular weight is 258 g/mol. The number of carbonyl (C=O) groups is 1. The van der Waals surface area contributed by atoms with Crippen LogP contribution in [-0.2, 0) is 4.79 Å². The fourth-order valence-electron chi connectivity index (χ4n) is 1.95. The first-order valence-corrected chi connectivity index (χ1v) is 6.95. The van der Waals surface area contributed by atoms with Crippen LogP contribution in [0.1, 0.15) is 51.0 Å². The highest BCUT2D eigenvalue weighted by atomic mass is 16.2. The van der Waals surface area contributed by atoms with Crippen molar-refractivity contribution in [3.05, 3.63) is 29.8 Å². The molecule has 0 radical (unpaired) electrons. The second-order valence-electron chi connectivity index (χ2n) is 4.78. The third-order valence-electron chi connectivity index (χ3n) is 3.25. The molecule has 0 aliphatic heterocycles. The van der Waals surface area contributed by atoms with Crippen LogP contribution in [0.2, 0.25) is 0 Å². The molecule has 0 N–H and O–H groups in total. The lowest BCUT2D eigenvalue weighted by molar-refractivity contribution is -0.118. The van der Waals surface area contributed by atoms with Gasteiger partial charge in [0.15, 0.2) is 0 Å². The number of nitrogens with zero attached hydrogens (tertiary/aromatic N) is 2. The Balaban J connectivity index is 2.41. The molecule has 0 atom stereocenters. The number of amides is 1. The van der Waals surface area contributed by atoms with Crippen molar-refractivity contribution in [1.82, 2.24) is 0 Å². The Labute approximate surface area is 115 Å². The minimum atomic E-state index is 0.140. The number of benzene rings is 1. The summed E-state index contributed by atoms with van der Waals surface area (Å²) in [7, 11) is 1.79. The third kappa shape index (κ3) is 5.13. The summed E-state index contributed by atoms with van der Waals surface area (Å²) in [6.07, 6.45) is 6.36. The zero-order chi connectivity index (χ0) is 14.1. The molecular formula is C16H22N2O. The molecule has 0 aliphatic carbocycles. The topological polar surface area (TPSA) is 44.1 Å². The van der Waals surface area contributed by atoms with Crippen molar-refractivity contribution in [2.24, 2.45) is 0 Å². The summed E-state index contributed by atoms with van der Waals surface area (Å²) >= 11 is 0. The molecule has 1 rings (SSSR count). The van der Waals surface area contributed by atoms with Gasteiger partial charge in [-0.15, -0.1) is 0 Å². The van der Waals surface area contributed by atoms with Crippen molar-refractivity contribution >= 4 is 11.6 Å². The van der Waals surface area contributed by atoms with E-state index in [9.17, 15) is 4.79 Å². The van der Waals surface area contributed by atoms with E-state index in [1.165, 1.54) is 19.3 Å². The molecule has 102 valence electrons. The highest BCUT2D eigenvalue weighted by Crippen LogP contribution is 2.15. The summed E-state index contributed by atoms with van der Waals surface area (Å²) in [4.78, 5) is 13.7. The van der Waals surface area contributed by atoms with Crippen molar-refractivity contribution in [3.63, 3.8) is 0 Å². The first-order valence-electron chi connectivity index (χ1n) is 6.95. The lowest BCUT2D eigenvalue weighted by Gasteiger charge is -2.17. The molecule has 19 heavy (non-hydrogen) atoms. The maximum absolute atomic E-state index is 12.0. The quantitative estimate of drug-likeness (QED) is 0.696. The summed E-state index contributed by atoms with van der Waals surface area (Å²) in [6.45, 7) is 2.18. The Hall–Kier alpha value is -1.82. The molecule has 1 amide bonds. The van der Waals surface area contributed by atoms with Crippen LogP contribution in [0.3, 0.4) is 0 Å². The number of nitriles is 1. The second kappa shape index (κ2) is 8.31. The zero-order valence-electron chi connectivity index (χ0n) is 11.9. The Morgan fingerprint density at radius 3 is 2.37 bits per heavy atom. The molecule has 1 aromatic carbocycles. The van der Waals surface area contributed by atoms with Crippen molar-refractivity contribution in [2.45, 2.75) is 45.4 Å². The van der Waals surface area contributed by atoms with Crippen molar-refractivity contribution < 1.29 is 4.79 Å². The van der Waals surface area contributed by atoms with Gasteiger partial charge in [-0.25, -0.2) is 0 Å². The maximum atomic E-state index is 12.0. The number of unbranched alkanes of at least 4 members (excludes halogenated alkanes) is 4. The van der Waals surface area contributed by atoms with E-state index in [-0.39, 0.29) is 5.91 Å². The molecule has 0 unspecified atom stereocenters. The molecule has 0 aromatic heterocycles. The number of carbonyl (C=O) groups excluding carboxylic acids is 1. The van der Waals surface area contributed by atoms with Crippen LogP contribution in [0.5, 0.6) is 0 Å². The van der Waals surface area contributed by atoms with E-state index < -0.39 is 0 Å². The maximum Gasteiger partial charge on any atom is 0.226 e. The SMILES string of the molecule is CCCCCCCC(=O)N(C)c1ccc(C#N)cc1. The molecular weight excluding hydrogens is 236 g/mol. The minimum Gasteiger partial charge on any atom is -0.316 e. The molecule has 3 nitrogen and oxygen atoms in total. The second-order valence-corrected chi connectivity index (χ2v) is 4.78. The lowest BCUT2D eigenvalue weighted by Crippen LogP contribution is -2.25. The van der Waals surface area contributed by atoms with E-state index in [0.29, 0.717) is 12.0 Å². The van der Waals surface area contributed by atoms with Crippen LogP contribution in [-0.4, -0.2) is 13.0 Å². The summed E-state index contributed by atoms with van der Waals surface area (Å²) in [6, 6.07) is 9.17. The largest absolute Gasteiger partial charge is 0.316 e. The van der Waals surface area contributed by atoms with Crippen LogP contribution >= 0.6 is 0 Å². The normalized spacial score (nSPS) is 9.95. The van der Waals surface area contributed by atoms with Crippen LogP contribution in [0, 0.1) is 11.3 Å². The molecule has 1 aromatic rings. The van der Waals surface area contributed by atoms with E-state index in [1.807, 2.05) is 12.1 Å². The van der Waals surface area contributed by atoms with E-state index in [4.69, 9.17) is 5.26 Å². The number of rotatable bonds is 7. The van der Waals surface area contributed by atoms with Crippen molar-refractivity contribution in [2.75, 3.05) is 11.9 Å². The van der Waals surface area contributed by atoms with Crippen molar-refractivity contribution in [1.29, 1.82) is 5.26 Å². The molecule has 0 saturated carbocycles. The predicted molar refractivity (Wildman–Crippen MR) is 77.9 cm³/mol. The average Bonchev–Trinajstić information content (AvgIpc) is 2.46. The van der Waals surface area contributed by atoms with Gasteiger partial charge < -0.3 is 4.90 Å². The summed E-state index contributed by atoms with van der Waals surface area (Å²) in [5.41, 5.74) is 1.46. The lowest BCUT2D eigenvalue weighted by atomic mass is 10.1. The van der Waals surface area contributed by atoms with E-state index in [0.717, 1.165) is 18.5 Å². The summed E-state index contributed by atoms with van der Waals surface area (Å²) in [5, 5.41) is 8.73. The van der Waals surface area contributed by atoms with Crippen LogP contribution in [0.4, 0.5) is 5.69 Å². The molecule has 0 bridgehead atoms. The summed E-state index contributed by atoms with van der Waals surface area (Å²) in [5.74, 6) is 0.140. The number of hydrogen-bond acceptors (Lipinski definition) is 2. The Kier molecular flexibility index (Phi) is 6.67. The van der Waals surface area contributed by atoms with E-state index in [1.54, 1.807) is 24.1 Å². The summed E-state index contributed by atoms with van der Waals surface area (Å²) < 4.78 is 0. The molecule has 0 fully saturated rings. The zero-order valence-corrected chi connectivity index (χ0v) is 11.9. The first kappa shape index (κ1) is 15.2. The van der Waals surface area contributed by atoms with Gasteiger partial charge in [0.25, 0.3) is 0 Å². The van der Waals surface area contributed by atoms with Crippen LogP contribution in [0.25, 0.3) is 0 Å². The molecule has 0 spiro atoms. The van der Waals surface area contributed by atoms with Gasteiger partial charge in [0.2, 0.25) is 5.91 Å². The predicted octanol–water partition coefficient (Wildman–Crippen LogP) is 3.88. The van der Waals surface area contributed by atoms with Gasteiger partial charge in [-0.1, -0.05) is 32.6 Å². The minimum absolute atomic E-state index is 0.140. The van der Waals surface area contributed by atoms with Crippen molar-refractivity contribution in [3.8, 4) is 6.07 Å². The Morgan fingerprint density at radius 1 is 1.16 bits per heavy atom. The van der Waals surface area contributed by atoms with Gasteiger partial charge in [-0.2, -0.15) is 5.26 Å². The van der Waals surface area contributed by atoms with E-state index >= 15 is 0 Å². The highest BCUT2D eigenvalue weighted by molar-refractivity contribution is 5.92. The highest BCUT2D eigenvalue weighted by Gasteiger charge is 2.10. The molecule has 0 heterocycles. The monoisotopic (exact) mass is 258 g/mol. The smallest absolute Gasteiger partial charge is 0.226 e. The fraction of sp³-hybridized carbons (Fsp3) is 0.500. The van der Waals surface area contributed by atoms with Crippen LogP contribution < -0.4 is 4.90 Å². The molecule has 3 heteroatoms. The van der Waals surface area contributed by atoms with E-state index in [2.05, 4.69) is 13.0 Å². The number of anilines is 1. The molecule has 0 aliphatic rings. The first-order chi connectivity index (χ1) is 9.19. The molecule has 0 saturated heterocycles. The number of hydrogen-bond donors (Lipinski definition) is 0. The standard InChI is InChI=1S/C16H22N2O/c1-3-4-5-6-7-8-16(19)18(2)15-11-9-14(13-17)10-12-15/h9-12H,3-8H2,1-2H3. The van der Waals surface area contributed by atoms with Gasteiger partial charge in [-0.05, 0) is 30.7 Å². The van der Waals surface area contributed by atoms with Gasteiger partial charge in [0.1, 0.15) is 0 Å².